The van der Waals surface area contributed by atoms with Gasteiger partial charge < -0.3 is 10.1 Å². The number of hydrogen-bond acceptors (Lipinski definition) is 2. The Hall–Kier alpha value is -2.17. The zero-order chi connectivity index (χ0) is 14.3. The zero-order valence-corrected chi connectivity index (χ0v) is 10.7. The molecular formula is C15H12F3NO. The highest BCUT2D eigenvalue weighted by molar-refractivity contribution is 5.58. The molecule has 0 aliphatic carbocycles. The van der Waals surface area contributed by atoms with Gasteiger partial charge in [-0.05, 0) is 36.8 Å². The molecule has 0 saturated heterocycles. The van der Waals surface area contributed by atoms with Crippen LogP contribution in [0, 0.1) is 24.4 Å². The molecule has 1 atom stereocenters. The largest absolute Gasteiger partial charge is 0.481 e. The van der Waals surface area contributed by atoms with Crippen molar-refractivity contribution in [2.24, 2.45) is 0 Å². The van der Waals surface area contributed by atoms with Crippen LogP contribution in [-0.2, 0) is 0 Å². The van der Waals surface area contributed by atoms with Crippen molar-refractivity contribution in [3.8, 4) is 5.75 Å². The summed E-state index contributed by atoms with van der Waals surface area (Å²) in [6.45, 7) is 1.78. The van der Waals surface area contributed by atoms with E-state index in [1.54, 1.807) is 6.07 Å². The smallest absolute Gasteiger partial charge is 0.146 e. The highest BCUT2D eigenvalue weighted by Gasteiger charge is 2.24. The molecule has 1 N–H and O–H groups in total. The average Bonchev–Trinajstić information content (AvgIpc) is 2.42. The van der Waals surface area contributed by atoms with Gasteiger partial charge in [0, 0.05) is 11.6 Å². The van der Waals surface area contributed by atoms with E-state index in [0.717, 1.165) is 12.1 Å². The highest BCUT2D eigenvalue weighted by Crippen LogP contribution is 2.35. The van der Waals surface area contributed by atoms with Crippen molar-refractivity contribution in [2.75, 3.05) is 11.9 Å². The minimum Gasteiger partial charge on any atom is -0.481 e. The minimum atomic E-state index is -0.695. The Morgan fingerprint density at radius 3 is 2.70 bits per heavy atom. The van der Waals surface area contributed by atoms with Crippen molar-refractivity contribution < 1.29 is 17.9 Å². The molecule has 3 rings (SSSR count). The number of ether oxygens (including phenoxy) is 1. The highest BCUT2D eigenvalue weighted by atomic mass is 19.1. The Labute approximate surface area is 114 Å². The van der Waals surface area contributed by atoms with E-state index in [0.29, 0.717) is 11.4 Å². The quantitative estimate of drug-likeness (QED) is 0.853. The fourth-order valence-electron chi connectivity index (χ4n) is 2.22. The number of aryl methyl sites for hydroxylation is 1. The Morgan fingerprint density at radius 2 is 1.90 bits per heavy atom. The molecule has 2 aromatic carbocycles. The lowest BCUT2D eigenvalue weighted by Crippen LogP contribution is -2.24. The SMILES string of the molecule is Cc1cc(F)c(C2CNc3ccc(F)cc3O2)cc1F. The van der Waals surface area contributed by atoms with Gasteiger partial charge >= 0.3 is 0 Å². The predicted octanol–water partition coefficient (Wildman–Crippen LogP) is 3.96. The first-order chi connectivity index (χ1) is 9.54. The minimum absolute atomic E-state index is 0.121. The summed E-state index contributed by atoms with van der Waals surface area (Å²) in [5.74, 6) is -1.17. The molecule has 0 radical (unpaired) electrons. The topological polar surface area (TPSA) is 21.3 Å². The van der Waals surface area contributed by atoms with Gasteiger partial charge in [0.2, 0.25) is 0 Å². The Kier molecular flexibility index (Phi) is 3.04. The number of anilines is 1. The molecule has 0 fully saturated rings. The van der Waals surface area contributed by atoms with E-state index in [2.05, 4.69) is 5.32 Å². The first-order valence-corrected chi connectivity index (χ1v) is 6.20. The van der Waals surface area contributed by atoms with Crippen LogP contribution in [0.25, 0.3) is 0 Å². The summed E-state index contributed by atoms with van der Waals surface area (Å²) in [5.41, 5.74) is 0.993. The molecule has 2 aromatic rings. The van der Waals surface area contributed by atoms with Crippen molar-refractivity contribution in [1.82, 2.24) is 0 Å². The van der Waals surface area contributed by atoms with Crippen LogP contribution in [-0.4, -0.2) is 6.54 Å². The number of halogens is 3. The summed E-state index contributed by atoms with van der Waals surface area (Å²) in [4.78, 5) is 0. The molecule has 0 spiro atoms. The standard InChI is InChI=1S/C15H12F3NO/c1-8-4-12(18)10(6-11(8)17)15-7-19-13-3-2-9(16)5-14(13)20-15/h2-6,15,19H,7H2,1H3. The van der Waals surface area contributed by atoms with Gasteiger partial charge in [0.05, 0.1) is 12.2 Å². The molecule has 0 aromatic heterocycles. The van der Waals surface area contributed by atoms with E-state index in [-0.39, 0.29) is 17.7 Å². The second-order valence-electron chi connectivity index (χ2n) is 4.75. The van der Waals surface area contributed by atoms with Crippen molar-refractivity contribution in [3.05, 3.63) is 58.9 Å². The lowest BCUT2D eigenvalue weighted by molar-refractivity contribution is 0.204. The Balaban J connectivity index is 1.96. The van der Waals surface area contributed by atoms with E-state index in [9.17, 15) is 13.2 Å². The molecule has 104 valence electrons. The summed E-state index contributed by atoms with van der Waals surface area (Å²) in [6, 6.07) is 6.34. The maximum absolute atomic E-state index is 13.9. The van der Waals surface area contributed by atoms with Crippen molar-refractivity contribution >= 4 is 5.69 Å². The summed E-state index contributed by atoms with van der Waals surface area (Å²) < 4.78 is 46.2. The van der Waals surface area contributed by atoms with Crippen LogP contribution >= 0.6 is 0 Å². The van der Waals surface area contributed by atoms with E-state index in [1.165, 1.54) is 19.1 Å². The molecular weight excluding hydrogens is 267 g/mol. The maximum atomic E-state index is 13.9. The van der Waals surface area contributed by atoms with Crippen molar-refractivity contribution in [1.29, 1.82) is 0 Å². The second kappa shape index (κ2) is 4.74. The summed E-state index contributed by atoms with van der Waals surface area (Å²) in [6.07, 6.45) is -0.695. The number of hydrogen-bond donors (Lipinski definition) is 1. The van der Waals surface area contributed by atoms with Crippen LogP contribution in [0.1, 0.15) is 17.2 Å². The first-order valence-electron chi connectivity index (χ1n) is 6.20. The monoisotopic (exact) mass is 279 g/mol. The molecule has 20 heavy (non-hydrogen) atoms. The lowest BCUT2D eigenvalue weighted by atomic mass is 10.0. The fourth-order valence-corrected chi connectivity index (χ4v) is 2.22. The molecule has 2 nitrogen and oxygen atoms in total. The third-order valence-corrected chi connectivity index (χ3v) is 3.32. The lowest BCUT2D eigenvalue weighted by Gasteiger charge is -2.28. The second-order valence-corrected chi connectivity index (χ2v) is 4.75. The molecule has 1 aliphatic heterocycles. The van der Waals surface area contributed by atoms with Crippen LogP contribution in [0.3, 0.4) is 0 Å². The van der Waals surface area contributed by atoms with Gasteiger partial charge in [-0.15, -0.1) is 0 Å². The number of nitrogens with one attached hydrogen (secondary N) is 1. The molecule has 5 heteroatoms. The molecule has 1 heterocycles. The van der Waals surface area contributed by atoms with Gasteiger partial charge in [-0.2, -0.15) is 0 Å². The van der Waals surface area contributed by atoms with Crippen LogP contribution < -0.4 is 10.1 Å². The van der Waals surface area contributed by atoms with Crippen LogP contribution in [0.5, 0.6) is 5.75 Å². The third kappa shape index (κ3) is 2.19. The van der Waals surface area contributed by atoms with Crippen LogP contribution in [0.2, 0.25) is 0 Å². The van der Waals surface area contributed by atoms with Gasteiger partial charge in [-0.25, -0.2) is 13.2 Å². The number of fused-ring (bicyclic) bond motifs is 1. The predicted molar refractivity (Wildman–Crippen MR) is 69.4 cm³/mol. The van der Waals surface area contributed by atoms with E-state index >= 15 is 0 Å². The van der Waals surface area contributed by atoms with E-state index in [4.69, 9.17) is 4.74 Å². The molecule has 0 saturated carbocycles. The Morgan fingerprint density at radius 1 is 1.10 bits per heavy atom. The summed E-state index contributed by atoms with van der Waals surface area (Å²) in [5, 5.41) is 3.02. The Bertz CT molecular complexity index is 672. The van der Waals surface area contributed by atoms with Gasteiger partial charge in [-0.3, -0.25) is 0 Å². The first kappa shape index (κ1) is 12.8. The van der Waals surface area contributed by atoms with Crippen molar-refractivity contribution in [2.45, 2.75) is 13.0 Å². The van der Waals surface area contributed by atoms with Crippen molar-refractivity contribution in [3.63, 3.8) is 0 Å². The molecule has 1 aliphatic rings. The van der Waals surface area contributed by atoms with Gasteiger partial charge in [0.25, 0.3) is 0 Å². The zero-order valence-electron chi connectivity index (χ0n) is 10.7. The molecule has 0 bridgehead atoms. The van der Waals surface area contributed by atoms with E-state index in [1.807, 2.05) is 0 Å². The third-order valence-electron chi connectivity index (χ3n) is 3.32. The summed E-state index contributed by atoms with van der Waals surface area (Å²) >= 11 is 0. The maximum Gasteiger partial charge on any atom is 0.146 e. The average molecular weight is 279 g/mol. The number of benzene rings is 2. The molecule has 1 unspecified atom stereocenters. The van der Waals surface area contributed by atoms with Gasteiger partial charge in [0.1, 0.15) is 29.3 Å². The van der Waals surface area contributed by atoms with Gasteiger partial charge in [0.15, 0.2) is 0 Å². The normalized spacial score (nSPS) is 17.1. The van der Waals surface area contributed by atoms with Crippen LogP contribution in [0.4, 0.5) is 18.9 Å². The van der Waals surface area contributed by atoms with Crippen LogP contribution in [0.15, 0.2) is 30.3 Å². The number of rotatable bonds is 1. The van der Waals surface area contributed by atoms with Gasteiger partial charge in [-0.1, -0.05) is 0 Å². The summed E-state index contributed by atoms with van der Waals surface area (Å²) in [7, 11) is 0. The molecule has 0 amide bonds. The fraction of sp³-hybridized carbons (Fsp3) is 0.200. The van der Waals surface area contributed by atoms with E-state index < -0.39 is 23.6 Å².